The molecular weight excluding hydrogens is 242 g/mol. The second-order valence-electron chi connectivity index (χ2n) is 4.10. The van der Waals surface area contributed by atoms with Crippen LogP contribution in [0, 0.1) is 0 Å². The molecule has 4 nitrogen and oxygen atoms in total. The van der Waals surface area contributed by atoms with Crippen molar-refractivity contribution in [2.75, 3.05) is 5.32 Å². The van der Waals surface area contributed by atoms with Gasteiger partial charge in [0.15, 0.2) is 0 Å². The molecular formula is C15H13NO3. The van der Waals surface area contributed by atoms with Crippen LogP contribution >= 0.6 is 0 Å². The first kappa shape index (κ1) is 12.8. The maximum atomic E-state index is 10.7. The molecule has 2 aromatic rings. The first-order valence-electron chi connectivity index (χ1n) is 5.80. The third-order valence-electron chi connectivity index (χ3n) is 2.74. The molecule has 2 aromatic carbocycles. The summed E-state index contributed by atoms with van der Waals surface area (Å²) in [7, 11) is 0. The highest BCUT2D eigenvalue weighted by Crippen LogP contribution is 2.11. The number of carbonyl (C=O) groups is 2. The van der Waals surface area contributed by atoms with Crippen LogP contribution in [-0.4, -0.2) is 17.4 Å². The fourth-order valence-electron chi connectivity index (χ4n) is 1.65. The lowest BCUT2D eigenvalue weighted by molar-refractivity contribution is 0.0696. The van der Waals surface area contributed by atoms with Crippen LogP contribution < -0.4 is 5.32 Å². The van der Waals surface area contributed by atoms with Crippen molar-refractivity contribution in [3.05, 3.63) is 65.2 Å². The van der Waals surface area contributed by atoms with Crippen LogP contribution in [0.5, 0.6) is 0 Å². The van der Waals surface area contributed by atoms with E-state index in [1.807, 2.05) is 12.1 Å². The number of hydrogen-bond acceptors (Lipinski definition) is 3. The summed E-state index contributed by atoms with van der Waals surface area (Å²) in [5.41, 5.74) is 2.81. The Morgan fingerprint density at radius 3 is 2.21 bits per heavy atom. The predicted molar refractivity (Wildman–Crippen MR) is 72.6 cm³/mol. The van der Waals surface area contributed by atoms with Gasteiger partial charge in [0.1, 0.15) is 6.29 Å². The van der Waals surface area contributed by atoms with Gasteiger partial charge in [-0.1, -0.05) is 24.3 Å². The van der Waals surface area contributed by atoms with Gasteiger partial charge in [0.2, 0.25) is 0 Å². The van der Waals surface area contributed by atoms with Crippen molar-refractivity contribution in [1.82, 2.24) is 0 Å². The van der Waals surface area contributed by atoms with Crippen LogP contribution in [0.4, 0.5) is 5.69 Å². The Morgan fingerprint density at radius 2 is 1.68 bits per heavy atom. The number of anilines is 1. The van der Waals surface area contributed by atoms with Crippen LogP contribution in [0.1, 0.15) is 26.3 Å². The minimum Gasteiger partial charge on any atom is -0.478 e. The molecule has 0 amide bonds. The topological polar surface area (TPSA) is 66.4 Å². The summed E-state index contributed by atoms with van der Waals surface area (Å²) in [5.74, 6) is -0.934. The maximum absolute atomic E-state index is 10.7. The number of rotatable bonds is 5. The van der Waals surface area contributed by atoms with Crippen molar-refractivity contribution in [1.29, 1.82) is 0 Å². The molecule has 0 unspecified atom stereocenters. The van der Waals surface area contributed by atoms with Gasteiger partial charge in [0.05, 0.1) is 5.56 Å². The van der Waals surface area contributed by atoms with Crippen molar-refractivity contribution < 1.29 is 14.7 Å². The van der Waals surface area contributed by atoms with Gasteiger partial charge in [-0.05, 0) is 29.8 Å². The fraction of sp³-hybridized carbons (Fsp3) is 0.0667. The number of carbonyl (C=O) groups excluding carboxylic acids is 1. The highest BCUT2D eigenvalue weighted by molar-refractivity contribution is 5.88. The molecule has 0 atom stereocenters. The standard InChI is InChI=1S/C15H13NO3/c17-10-12-3-1-11(2-4-12)9-16-14-7-5-13(6-8-14)15(18)19/h1-8,10,16H,9H2,(H,18,19). The Morgan fingerprint density at radius 1 is 1.05 bits per heavy atom. The minimum absolute atomic E-state index is 0.265. The molecule has 2 N–H and O–H groups in total. The van der Waals surface area contributed by atoms with Gasteiger partial charge < -0.3 is 10.4 Å². The van der Waals surface area contributed by atoms with E-state index in [1.54, 1.807) is 36.4 Å². The summed E-state index contributed by atoms with van der Waals surface area (Å²) in [4.78, 5) is 21.2. The first-order chi connectivity index (χ1) is 9.19. The minimum atomic E-state index is -0.934. The summed E-state index contributed by atoms with van der Waals surface area (Å²) in [5, 5.41) is 12.0. The summed E-state index contributed by atoms with van der Waals surface area (Å²) in [6.45, 7) is 0.617. The van der Waals surface area contributed by atoms with Crippen molar-refractivity contribution in [2.24, 2.45) is 0 Å². The van der Waals surface area contributed by atoms with E-state index in [0.29, 0.717) is 12.1 Å². The van der Waals surface area contributed by atoms with E-state index < -0.39 is 5.97 Å². The third-order valence-corrected chi connectivity index (χ3v) is 2.74. The van der Waals surface area contributed by atoms with E-state index in [2.05, 4.69) is 5.32 Å². The molecule has 0 aromatic heterocycles. The largest absolute Gasteiger partial charge is 0.478 e. The van der Waals surface area contributed by atoms with Crippen molar-refractivity contribution in [2.45, 2.75) is 6.54 Å². The number of nitrogens with one attached hydrogen (secondary N) is 1. The predicted octanol–water partition coefficient (Wildman–Crippen LogP) is 2.81. The normalized spacial score (nSPS) is 9.89. The lowest BCUT2D eigenvalue weighted by Crippen LogP contribution is -2.01. The van der Waals surface area contributed by atoms with Gasteiger partial charge in [-0.15, -0.1) is 0 Å². The Hall–Kier alpha value is -2.62. The average Bonchev–Trinajstić information content (AvgIpc) is 2.46. The van der Waals surface area contributed by atoms with Crippen molar-refractivity contribution >= 4 is 17.9 Å². The Kier molecular flexibility index (Phi) is 3.93. The van der Waals surface area contributed by atoms with Crippen LogP contribution in [0.2, 0.25) is 0 Å². The van der Waals surface area contributed by atoms with Gasteiger partial charge >= 0.3 is 5.97 Å². The summed E-state index contributed by atoms with van der Waals surface area (Å²) in [6.07, 6.45) is 0.807. The summed E-state index contributed by atoms with van der Waals surface area (Å²) >= 11 is 0. The van der Waals surface area contributed by atoms with E-state index in [4.69, 9.17) is 5.11 Å². The molecule has 0 aliphatic heterocycles. The smallest absolute Gasteiger partial charge is 0.335 e. The van der Waals surface area contributed by atoms with Crippen molar-refractivity contribution in [3.63, 3.8) is 0 Å². The molecule has 0 radical (unpaired) electrons. The number of carboxylic acid groups (broad SMARTS) is 1. The fourth-order valence-corrected chi connectivity index (χ4v) is 1.65. The average molecular weight is 255 g/mol. The zero-order valence-electron chi connectivity index (χ0n) is 10.2. The maximum Gasteiger partial charge on any atom is 0.335 e. The molecule has 0 heterocycles. The molecule has 0 bridgehead atoms. The monoisotopic (exact) mass is 255 g/mol. The number of benzene rings is 2. The van der Waals surface area contributed by atoms with Gasteiger partial charge in [-0.25, -0.2) is 4.79 Å². The lowest BCUT2D eigenvalue weighted by atomic mass is 10.1. The molecule has 0 saturated heterocycles. The van der Waals surface area contributed by atoms with E-state index in [-0.39, 0.29) is 5.56 Å². The Balaban J connectivity index is 1.97. The second-order valence-corrected chi connectivity index (χ2v) is 4.10. The number of aromatic carboxylic acids is 1. The lowest BCUT2D eigenvalue weighted by Gasteiger charge is -2.07. The van der Waals surface area contributed by atoms with Gasteiger partial charge in [0, 0.05) is 17.8 Å². The zero-order chi connectivity index (χ0) is 13.7. The van der Waals surface area contributed by atoms with E-state index in [9.17, 15) is 9.59 Å². The molecule has 0 saturated carbocycles. The van der Waals surface area contributed by atoms with E-state index in [1.165, 1.54) is 0 Å². The summed E-state index contributed by atoms with van der Waals surface area (Å²) in [6, 6.07) is 13.8. The molecule has 19 heavy (non-hydrogen) atoms. The SMILES string of the molecule is O=Cc1ccc(CNc2ccc(C(=O)O)cc2)cc1. The molecule has 0 fully saturated rings. The highest BCUT2D eigenvalue weighted by Gasteiger charge is 2.01. The van der Waals surface area contributed by atoms with Gasteiger partial charge in [0.25, 0.3) is 0 Å². The number of aldehydes is 1. The van der Waals surface area contributed by atoms with E-state index in [0.717, 1.165) is 17.5 Å². The molecule has 0 aliphatic carbocycles. The van der Waals surface area contributed by atoms with Gasteiger partial charge in [-0.3, -0.25) is 4.79 Å². The van der Waals surface area contributed by atoms with Crippen LogP contribution in [0.15, 0.2) is 48.5 Å². The van der Waals surface area contributed by atoms with Gasteiger partial charge in [-0.2, -0.15) is 0 Å². The number of carboxylic acids is 1. The van der Waals surface area contributed by atoms with Crippen LogP contribution in [0.3, 0.4) is 0 Å². The Labute approximate surface area is 110 Å². The van der Waals surface area contributed by atoms with Crippen molar-refractivity contribution in [3.8, 4) is 0 Å². The zero-order valence-corrected chi connectivity index (χ0v) is 10.2. The quantitative estimate of drug-likeness (QED) is 0.806. The Bertz CT molecular complexity index is 573. The molecule has 4 heteroatoms. The number of hydrogen-bond donors (Lipinski definition) is 2. The van der Waals surface area contributed by atoms with Crippen LogP contribution in [0.25, 0.3) is 0 Å². The highest BCUT2D eigenvalue weighted by atomic mass is 16.4. The molecule has 0 spiro atoms. The third kappa shape index (κ3) is 3.42. The molecule has 0 aliphatic rings. The molecule has 2 rings (SSSR count). The van der Waals surface area contributed by atoms with E-state index >= 15 is 0 Å². The summed E-state index contributed by atoms with van der Waals surface area (Å²) < 4.78 is 0. The first-order valence-corrected chi connectivity index (χ1v) is 5.80. The van der Waals surface area contributed by atoms with Crippen LogP contribution in [-0.2, 0) is 6.54 Å². The second kappa shape index (κ2) is 5.82. The molecule has 96 valence electrons.